The maximum Gasteiger partial charge on any atom is 0.207 e. The van der Waals surface area contributed by atoms with E-state index in [1.54, 1.807) is 27.9 Å². The summed E-state index contributed by atoms with van der Waals surface area (Å²) in [6.45, 7) is 0.666. The molecular formula is C24H25FN6O. The molecule has 1 aromatic heterocycles. The number of nitrogens with one attached hydrogen (secondary N) is 2. The van der Waals surface area contributed by atoms with Gasteiger partial charge in [-0.15, -0.1) is 0 Å². The third kappa shape index (κ3) is 5.38. The molecule has 2 aromatic carbocycles. The van der Waals surface area contributed by atoms with Crippen LogP contribution in [-0.4, -0.2) is 28.6 Å². The number of benzene rings is 2. The molecule has 0 aliphatic heterocycles. The Kier molecular flexibility index (Phi) is 7.70. The number of nitriles is 1. The van der Waals surface area contributed by atoms with Gasteiger partial charge in [-0.3, -0.25) is 14.9 Å². The molecule has 1 heterocycles. The van der Waals surface area contributed by atoms with Crippen LogP contribution in [0.2, 0.25) is 0 Å². The number of carbonyl (C=O) groups is 1. The Morgan fingerprint density at radius 1 is 1.28 bits per heavy atom. The van der Waals surface area contributed by atoms with Gasteiger partial charge < -0.3 is 10.2 Å². The lowest BCUT2D eigenvalue weighted by atomic mass is 10.1. The number of anilines is 1. The summed E-state index contributed by atoms with van der Waals surface area (Å²) in [4.78, 5) is 12.0. The number of allylic oxidation sites excluding steroid dienone is 1. The third-order valence-corrected chi connectivity index (χ3v) is 5.14. The van der Waals surface area contributed by atoms with E-state index in [0.717, 1.165) is 42.3 Å². The normalized spacial score (nSPS) is 10.9. The molecule has 8 heteroatoms. The molecule has 164 valence electrons. The number of fused-ring (bicyclic) bond motifs is 1. The zero-order valence-corrected chi connectivity index (χ0v) is 17.9. The maximum absolute atomic E-state index is 14.2. The molecule has 0 atom stereocenters. The van der Waals surface area contributed by atoms with Crippen LogP contribution in [0.25, 0.3) is 10.9 Å². The zero-order valence-electron chi connectivity index (χ0n) is 17.9. The van der Waals surface area contributed by atoms with E-state index in [4.69, 9.17) is 10.7 Å². The number of carbonyl (C=O) groups excluding carboxylic acids is 1. The maximum atomic E-state index is 14.2. The number of amidine groups is 1. The second kappa shape index (κ2) is 10.9. The molecule has 3 rings (SSSR count). The smallest absolute Gasteiger partial charge is 0.207 e. The lowest BCUT2D eigenvalue weighted by Crippen LogP contribution is -2.25. The summed E-state index contributed by atoms with van der Waals surface area (Å²) in [6.07, 6.45) is 9.91. The summed E-state index contributed by atoms with van der Waals surface area (Å²) in [5.41, 5.74) is 2.05. The van der Waals surface area contributed by atoms with Crippen molar-refractivity contribution >= 4 is 28.8 Å². The van der Waals surface area contributed by atoms with Crippen molar-refractivity contribution < 1.29 is 9.18 Å². The Morgan fingerprint density at radius 2 is 2.12 bits per heavy atom. The minimum Gasteiger partial charge on any atom is -0.359 e. The lowest BCUT2D eigenvalue weighted by Gasteiger charge is -2.22. The number of rotatable bonds is 10. The van der Waals surface area contributed by atoms with Crippen molar-refractivity contribution in [1.82, 2.24) is 15.1 Å². The first kappa shape index (κ1) is 22.7. The van der Waals surface area contributed by atoms with Gasteiger partial charge in [0.05, 0.1) is 17.3 Å². The number of amides is 1. The topological polar surface area (TPSA) is 97.8 Å². The Morgan fingerprint density at radius 3 is 2.88 bits per heavy atom. The molecule has 0 aliphatic rings. The van der Waals surface area contributed by atoms with Crippen molar-refractivity contribution in [2.24, 2.45) is 7.05 Å². The standard InChI is InChI=1S/C24H25FN6O/c1-30-23-10-9-21(13-20(23)16-29-30)31(12-6-4-2-3-5-11-28-17-32)24(27)18-7-8-19(15-26)22(25)14-18/h6-10,12-14,16-17,27H,2-5,11H2,1H3,(H,28,32)/b12-6+,27-24?. The molecule has 2 N–H and O–H groups in total. The number of aromatic nitrogens is 2. The van der Waals surface area contributed by atoms with Crippen LogP contribution < -0.4 is 10.2 Å². The van der Waals surface area contributed by atoms with Gasteiger partial charge in [0.1, 0.15) is 17.7 Å². The second-order valence-electron chi connectivity index (χ2n) is 7.34. The predicted molar refractivity (Wildman–Crippen MR) is 123 cm³/mol. The summed E-state index contributed by atoms with van der Waals surface area (Å²) >= 11 is 0. The van der Waals surface area contributed by atoms with E-state index in [9.17, 15) is 9.18 Å². The summed E-state index contributed by atoms with van der Waals surface area (Å²) in [6, 6.07) is 11.8. The van der Waals surface area contributed by atoms with Crippen LogP contribution in [0.3, 0.4) is 0 Å². The van der Waals surface area contributed by atoms with Crippen molar-refractivity contribution in [3.05, 3.63) is 71.8 Å². The minimum absolute atomic E-state index is 0.0514. The molecule has 32 heavy (non-hydrogen) atoms. The molecule has 3 aromatic rings. The van der Waals surface area contributed by atoms with Gasteiger partial charge in [-0.25, -0.2) is 4.39 Å². The number of unbranched alkanes of at least 4 members (excludes halogenated alkanes) is 3. The van der Waals surface area contributed by atoms with Gasteiger partial charge >= 0.3 is 0 Å². The average Bonchev–Trinajstić information content (AvgIpc) is 3.17. The van der Waals surface area contributed by atoms with Gasteiger partial charge in [0.2, 0.25) is 6.41 Å². The molecule has 0 bridgehead atoms. The van der Waals surface area contributed by atoms with Crippen LogP contribution in [0.4, 0.5) is 10.1 Å². The number of aryl methyl sites for hydroxylation is 1. The molecule has 0 radical (unpaired) electrons. The van der Waals surface area contributed by atoms with Crippen LogP contribution in [0.1, 0.15) is 36.8 Å². The summed E-state index contributed by atoms with van der Waals surface area (Å²) < 4.78 is 16.0. The van der Waals surface area contributed by atoms with E-state index in [1.807, 2.05) is 37.5 Å². The Bertz CT molecular complexity index is 1180. The molecule has 0 fully saturated rings. The van der Waals surface area contributed by atoms with Crippen LogP contribution in [0.15, 0.2) is 54.9 Å². The monoisotopic (exact) mass is 432 g/mol. The first-order chi connectivity index (χ1) is 15.5. The molecule has 0 saturated heterocycles. The highest BCUT2D eigenvalue weighted by Crippen LogP contribution is 2.24. The first-order valence-corrected chi connectivity index (χ1v) is 10.4. The van der Waals surface area contributed by atoms with Crippen molar-refractivity contribution in [3.63, 3.8) is 0 Å². The highest BCUT2D eigenvalue weighted by atomic mass is 19.1. The van der Waals surface area contributed by atoms with Crippen molar-refractivity contribution in [2.75, 3.05) is 11.4 Å². The number of hydrogen-bond acceptors (Lipinski definition) is 4. The van der Waals surface area contributed by atoms with E-state index in [-0.39, 0.29) is 11.4 Å². The molecular weight excluding hydrogens is 407 g/mol. The fourth-order valence-corrected chi connectivity index (χ4v) is 3.39. The second-order valence-corrected chi connectivity index (χ2v) is 7.34. The van der Waals surface area contributed by atoms with Crippen molar-refractivity contribution in [3.8, 4) is 6.07 Å². The van der Waals surface area contributed by atoms with Crippen LogP contribution in [0.5, 0.6) is 0 Å². The fraction of sp³-hybridized carbons (Fsp3) is 0.250. The third-order valence-electron chi connectivity index (χ3n) is 5.14. The van der Waals surface area contributed by atoms with Gasteiger partial charge in [0.15, 0.2) is 0 Å². The molecule has 0 saturated carbocycles. The van der Waals surface area contributed by atoms with Crippen LogP contribution >= 0.6 is 0 Å². The van der Waals surface area contributed by atoms with Crippen LogP contribution in [-0.2, 0) is 11.8 Å². The highest BCUT2D eigenvalue weighted by Gasteiger charge is 2.15. The summed E-state index contributed by atoms with van der Waals surface area (Å²) in [7, 11) is 1.87. The fourth-order valence-electron chi connectivity index (χ4n) is 3.39. The molecule has 1 amide bonds. The molecule has 0 spiro atoms. The van der Waals surface area contributed by atoms with Gasteiger partial charge in [0, 0.05) is 36.4 Å². The van der Waals surface area contributed by atoms with E-state index >= 15 is 0 Å². The lowest BCUT2D eigenvalue weighted by molar-refractivity contribution is -0.109. The van der Waals surface area contributed by atoms with Gasteiger partial charge in [-0.1, -0.05) is 12.5 Å². The number of nitrogens with zero attached hydrogens (tertiary/aromatic N) is 4. The first-order valence-electron chi connectivity index (χ1n) is 10.4. The quantitative estimate of drug-likeness (QED) is 0.217. The van der Waals surface area contributed by atoms with Crippen LogP contribution in [0, 0.1) is 22.6 Å². The Hall–Kier alpha value is -3.99. The van der Waals surface area contributed by atoms with Gasteiger partial charge in [-0.2, -0.15) is 10.4 Å². The molecule has 7 nitrogen and oxygen atoms in total. The molecule has 0 unspecified atom stereocenters. The Balaban J connectivity index is 1.82. The van der Waals surface area contributed by atoms with Gasteiger partial charge in [0.25, 0.3) is 0 Å². The van der Waals surface area contributed by atoms with Crippen molar-refractivity contribution in [1.29, 1.82) is 10.7 Å². The highest BCUT2D eigenvalue weighted by molar-refractivity contribution is 6.09. The molecule has 0 aliphatic carbocycles. The number of halogens is 1. The van der Waals surface area contributed by atoms with E-state index in [2.05, 4.69) is 10.4 Å². The zero-order chi connectivity index (χ0) is 22.9. The minimum atomic E-state index is -0.648. The number of hydrogen-bond donors (Lipinski definition) is 2. The van der Waals surface area contributed by atoms with E-state index < -0.39 is 5.82 Å². The van der Waals surface area contributed by atoms with E-state index in [1.165, 1.54) is 12.1 Å². The summed E-state index contributed by atoms with van der Waals surface area (Å²) in [5.74, 6) is -0.548. The average molecular weight is 433 g/mol. The Labute approximate surface area is 186 Å². The predicted octanol–water partition coefficient (Wildman–Crippen LogP) is 4.24. The van der Waals surface area contributed by atoms with E-state index in [0.29, 0.717) is 18.5 Å². The van der Waals surface area contributed by atoms with Crippen molar-refractivity contribution in [2.45, 2.75) is 25.7 Å². The SMILES string of the molecule is Cn1ncc2cc(N(/C=C/CCCCCNC=O)C(=N)c3ccc(C#N)c(F)c3)ccc21. The van der Waals surface area contributed by atoms with Gasteiger partial charge in [-0.05, 0) is 55.7 Å². The summed E-state index contributed by atoms with van der Waals surface area (Å²) in [5, 5.41) is 25.5. The largest absolute Gasteiger partial charge is 0.359 e.